The van der Waals surface area contributed by atoms with Gasteiger partial charge in [-0.3, -0.25) is 4.79 Å². The van der Waals surface area contributed by atoms with Gasteiger partial charge in [-0.05, 0) is 13.0 Å². The number of para-hydroxylation sites is 1. The molecule has 0 saturated carbocycles. The summed E-state index contributed by atoms with van der Waals surface area (Å²) in [6.45, 7) is 2.39. The van der Waals surface area contributed by atoms with Gasteiger partial charge >= 0.3 is 0 Å². The predicted molar refractivity (Wildman–Crippen MR) is 73.5 cm³/mol. The lowest BCUT2D eigenvalue weighted by atomic mass is 10.2. The summed E-state index contributed by atoms with van der Waals surface area (Å²) >= 11 is 1.41. The number of benzene rings is 1. The highest BCUT2D eigenvalue weighted by atomic mass is 32.1. The second-order valence-corrected chi connectivity index (χ2v) is 4.91. The number of aryl methyl sites for hydroxylation is 1. The first-order valence-electron chi connectivity index (χ1n) is 5.73. The number of hydrogen-bond acceptors (Lipinski definition) is 4. The average Bonchev–Trinajstić information content (AvgIpc) is 2.65. The molecule has 92 valence electrons. The molecular weight excluding hydrogens is 248 g/mol. The predicted octanol–water partition coefficient (Wildman–Crippen LogP) is 2.55. The van der Waals surface area contributed by atoms with Crippen molar-refractivity contribution in [2.24, 2.45) is 7.05 Å². The quantitative estimate of drug-likeness (QED) is 0.711. The molecule has 0 spiro atoms. The van der Waals surface area contributed by atoms with Gasteiger partial charge in [0.05, 0.1) is 12.0 Å². The molecule has 5 heteroatoms. The lowest BCUT2D eigenvalue weighted by molar-refractivity contribution is 0.337. The number of rotatable bonds is 2. The monoisotopic (exact) mass is 260 g/mol. The summed E-state index contributed by atoms with van der Waals surface area (Å²) in [4.78, 5) is 17.0. The van der Waals surface area contributed by atoms with Crippen molar-refractivity contribution in [3.63, 3.8) is 0 Å². The Bertz CT molecular complexity index is 789. The fourth-order valence-corrected chi connectivity index (χ4v) is 3.13. The number of aromatic nitrogens is 2. The van der Waals surface area contributed by atoms with Gasteiger partial charge < -0.3 is 9.30 Å². The fourth-order valence-electron chi connectivity index (χ4n) is 2.13. The number of nitrogens with zero attached hydrogens (tertiary/aromatic N) is 2. The third kappa shape index (κ3) is 1.51. The van der Waals surface area contributed by atoms with Crippen LogP contribution >= 0.6 is 11.3 Å². The Morgan fingerprint density at radius 3 is 2.94 bits per heavy atom. The molecule has 0 radical (unpaired) electrons. The second kappa shape index (κ2) is 4.10. The summed E-state index contributed by atoms with van der Waals surface area (Å²) < 4.78 is 7.35. The van der Waals surface area contributed by atoms with Crippen LogP contribution in [0.2, 0.25) is 0 Å². The van der Waals surface area contributed by atoms with Crippen LogP contribution in [0.25, 0.3) is 21.1 Å². The van der Waals surface area contributed by atoms with E-state index in [-0.39, 0.29) is 5.56 Å². The Balaban J connectivity index is 2.48. The highest BCUT2D eigenvalue weighted by Crippen LogP contribution is 2.30. The molecule has 0 aliphatic rings. The molecule has 0 atom stereocenters. The van der Waals surface area contributed by atoms with E-state index in [9.17, 15) is 4.79 Å². The normalized spacial score (nSPS) is 11.2. The highest BCUT2D eigenvalue weighted by molar-refractivity contribution is 7.19. The van der Waals surface area contributed by atoms with E-state index in [1.807, 2.05) is 42.8 Å². The van der Waals surface area contributed by atoms with Crippen LogP contribution < -0.4 is 10.3 Å². The van der Waals surface area contributed by atoms with Gasteiger partial charge in [0, 0.05) is 18.0 Å². The summed E-state index contributed by atoms with van der Waals surface area (Å²) in [6.07, 6.45) is 0. The minimum Gasteiger partial charge on any atom is -0.470 e. The molecule has 0 bridgehead atoms. The van der Waals surface area contributed by atoms with Crippen molar-refractivity contribution in [1.29, 1.82) is 0 Å². The van der Waals surface area contributed by atoms with Crippen molar-refractivity contribution < 1.29 is 4.74 Å². The van der Waals surface area contributed by atoms with Crippen molar-refractivity contribution in [3.8, 4) is 5.19 Å². The van der Waals surface area contributed by atoms with E-state index >= 15 is 0 Å². The first kappa shape index (κ1) is 11.2. The molecule has 1 aromatic carbocycles. The van der Waals surface area contributed by atoms with E-state index in [4.69, 9.17) is 4.74 Å². The van der Waals surface area contributed by atoms with E-state index in [0.29, 0.717) is 17.2 Å². The van der Waals surface area contributed by atoms with Gasteiger partial charge in [-0.2, -0.15) is 4.98 Å². The van der Waals surface area contributed by atoms with E-state index < -0.39 is 0 Å². The van der Waals surface area contributed by atoms with Gasteiger partial charge in [-0.15, -0.1) is 0 Å². The largest absolute Gasteiger partial charge is 0.470 e. The third-order valence-corrected chi connectivity index (χ3v) is 3.97. The average molecular weight is 260 g/mol. The molecule has 0 aliphatic carbocycles. The minimum atomic E-state index is -0.219. The fraction of sp³-hybridized carbons (Fsp3) is 0.231. The van der Waals surface area contributed by atoms with Crippen LogP contribution in [0, 0.1) is 0 Å². The van der Waals surface area contributed by atoms with Gasteiger partial charge in [0.15, 0.2) is 0 Å². The van der Waals surface area contributed by atoms with Crippen LogP contribution in [-0.2, 0) is 7.05 Å². The molecule has 0 aliphatic heterocycles. The maximum absolute atomic E-state index is 12.1. The third-order valence-electron chi connectivity index (χ3n) is 2.91. The lowest BCUT2D eigenvalue weighted by Gasteiger charge is -2.00. The van der Waals surface area contributed by atoms with Crippen LogP contribution in [0.3, 0.4) is 0 Å². The van der Waals surface area contributed by atoms with Gasteiger partial charge in [0.1, 0.15) is 4.83 Å². The van der Waals surface area contributed by atoms with Crippen molar-refractivity contribution in [2.45, 2.75) is 6.92 Å². The summed E-state index contributed by atoms with van der Waals surface area (Å²) in [6, 6.07) is 7.85. The smallest absolute Gasteiger partial charge is 0.284 e. The minimum absolute atomic E-state index is 0.219. The zero-order chi connectivity index (χ0) is 12.7. The van der Waals surface area contributed by atoms with E-state index in [1.54, 1.807) is 0 Å². The van der Waals surface area contributed by atoms with Crippen LogP contribution in [0.5, 0.6) is 5.19 Å². The van der Waals surface area contributed by atoms with Crippen molar-refractivity contribution in [3.05, 3.63) is 34.6 Å². The number of hydrogen-bond donors (Lipinski definition) is 0. The number of ether oxygens (including phenoxy) is 1. The summed E-state index contributed by atoms with van der Waals surface area (Å²) in [5.41, 5.74) is 0.820. The second-order valence-electron chi connectivity index (χ2n) is 3.97. The van der Waals surface area contributed by atoms with E-state index in [2.05, 4.69) is 4.98 Å². The molecule has 0 N–H and O–H groups in total. The Kier molecular flexibility index (Phi) is 2.56. The molecule has 4 nitrogen and oxygen atoms in total. The van der Waals surface area contributed by atoms with Gasteiger partial charge in [-0.25, -0.2) is 0 Å². The van der Waals surface area contributed by atoms with E-state index in [1.165, 1.54) is 11.3 Å². The molecule has 0 unspecified atom stereocenters. The first-order valence-corrected chi connectivity index (χ1v) is 6.55. The molecule has 3 rings (SSSR count). The lowest BCUT2D eigenvalue weighted by Crippen LogP contribution is -2.07. The number of fused-ring (bicyclic) bond motifs is 3. The van der Waals surface area contributed by atoms with E-state index in [0.717, 1.165) is 15.7 Å². The molecule has 18 heavy (non-hydrogen) atoms. The molecular formula is C13H12N2O2S. The molecule has 2 aromatic heterocycles. The van der Waals surface area contributed by atoms with Crippen molar-refractivity contribution in [1.82, 2.24) is 9.55 Å². The van der Waals surface area contributed by atoms with Crippen LogP contribution in [-0.4, -0.2) is 16.2 Å². The van der Waals surface area contributed by atoms with Crippen LogP contribution in [0.1, 0.15) is 6.92 Å². The maximum Gasteiger partial charge on any atom is 0.284 e. The summed E-state index contributed by atoms with van der Waals surface area (Å²) in [5.74, 6) is 0. The Labute approximate surface area is 107 Å². The molecule has 0 fully saturated rings. The van der Waals surface area contributed by atoms with Crippen LogP contribution in [0.4, 0.5) is 0 Å². The topological polar surface area (TPSA) is 44.1 Å². The van der Waals surface area contributed by atoms with Crippen molar-refractivity contribution in [2.75, 3.05) is 6.61 Å². The highest BCUT2D eigenvalue weighted by Gasteiger charge is 2.14. The zero-order valence-electron chi connectivity index (χ0n) is 10.1. The Morgan fingerprint density at radius 1 is 1.39 bits per heavy atom. The molecule has 0 amide bonds. The summed E-state index contributed by atoms with van der Waals surface area (Å²) in [7, 11) is 1.95. The Morgan fingerprint density at radius 2 is 2.17 bits per heavy atom. The van der Waals surface area contributed by atoms with Gasteiger partial charge in [-0.1, -0.05) is 29.5 Å². The maximum atomic E-state index is 12.1. The standard InChI is InChI=1S/C13H12N2O2S/c1-3-17-13-14-11(16)10-8-6-4-5-7-9(8)15(2)12(10)18-13/h4-7H,3H2,1-2H3. The van der Waals surface area contributed by atoms with Crippen LogP contribution in [0.15, 0.2) is 29.1 Å². The molecule has 2 heterocycles. The van der Waals surface area contributed by atoms with Gasteiger partial charge in [0.2, 0.25) is 0 Å². The zero-order valence-corrected chi connectivity index (χ0v) is 11.0. The molecule has 0 saturated heterocycles. The van der Waals surface area contributed by atoms with Gasteiger partial charge in [0.25, 0.3) is 10.8 Å². The SMILES string of the molecule is CCOc1nc(=O)c2c3ccccc3n(C)c2s1. The van der Waals surface area contributed by atoms with Crippen molar-refractivity contribution >= 4 is 32.5 Å². The first-order chi connectivity index (χ1) is 8.72. The summed E-state index contributed by atoms with van der Waals surface area (Å²) in [5, 5.41) is 2.06. The molecule has 3 aromatic rings. The Hall–Kier alpha value is -1.88.